The van der Waals surface area contributed by atoms with Gasteiger partial charge >= 0.3 is 0 Å². The zero-order valence-corrected chi connectivity index (χ0v) is 9.61. The van der Waals surface area contributed by atoms with Crippen LogP contribution < -0.4 is 0 Å². The summed E-state index contributed by atoms with van der Waals surface area (Å²) in [5.41, 5.74) is 0. The van der Waals surface area contributed by atoms with Crippen LogP contribution in [0, 0.1) is 56.7 Å². The first-order valence-electron chi connectivity index (χ1n) is 4.47. The number of nitrogens with zero attached hydrogens (tertiary/aromatic N) is 5. The second-order valence-electron chi connectivity index (χ2n) is 3.82. The fourth-order valence-corrected chi connectivity index (χ4v) is 4.68. The van der Waals surface area contributed by atoms with Crippen LogP contribution in [0.3, 0.4) is 0 Å². The number of hydrogen-bond donors (Lipinski definition) is 1. The fraction of sp³-hybridized carbons (Fsp3) is 0.500. The molecule has 0 aliphatic rings. The first kappa shape index (κ1) is 13.8. The molecule has 0 fully saturated rings. The van der Waals surface area contributed by atoms with Crippen LogP contribution in [-0.4, -0.2) is 28.8 Å². The van der Waals surface area contributed by atoms with E-state index in [0.717, 1.165) is 0 Å². The second-order valence-corrected chi connectivity index (χ2v) is 9.87. The molecule has 0 saturated heterocycles. The summed E-state index contributed by atoms with van der Waals surface area (Å²) in [6.45, 7) is 0. The predicted molar refractivity (Wildman–Crippen MR) is 61.4 cm³/mol. The highest BCUT2D eigenvalue weighted by molar-refractivity contribution is 8.50. The quantitative estimate of drug-likeness (QED) is 0.700. The van der Waals surface area contributed by atoms with Crippen molar-refractivity contribution in [2.75, 3.05) is 28.8 Å². The van der Waals surface area contributed by atoms with Gasteiger partial charge in [-0.2, -0.15) is 26.3 Å². The lowest BCUT2D eigenvalue weighted by Gasteiger charge is -2.52. The second kappa shape index (κ2) is 5.63. The van der Waals surface area contributed by atoms with E-state index >= 15 is 0 Å². The van der Waals surface area contributed by atoms with Gasteiger partial charge in [0, 0.05) is 0 Å². The Morgan fingerprint density at radius 2 is 0.688 bits per heavy atom. The van der Waals surface area contributed by atoms with Crippen LogP contribution in [0.4, 0.5) is 0 Å². The Bertz CT molecular complexity index is 351. The van der Waals surface area contributed by atoms with Crippen molar-refractivity contribution in [2.24, 2.45) is 0 Å². The third kappa shape index (κ3) is 2.65. The molecule has 0 rings (SSSR count). The largest absolute Gasteiger partial charge is 0.227 e. The first-order valence-corrected chi connectivity index (χ1v) is 7.63. The Morgan fingerprint density at radius 3 is 0.812 bits per heavy atom. The van der Waals surface area contributed by atoms with Gasteiger partial charge in [0.2, 0.25) is 0 Å². The van der Waals surface area contributed by atoms with Crippen LogP contribution in [0.5, 0.6) is 0 Å². The van der Waals surface area contributed by atoms with Crippen LogP contribution in [-0.2, 0) is 0 Å². The van der Waals surface area contributed by atoms with Gasteiger partial charge in [0.05, 0.1) is 59.1 Å². The van der Waals surface area contributed by atoms with E-state index in [-0.39, 0.29) is 28.8 Å². The molecule has 0 aromatic rings. The van der Waals surface area contributed by atoms with E-state index in [2.05, 4.69) is 0 Å². The van der Waals surface area contributed by atoms with Gasteiger partial charge in [0.15, 0.2) is 0 Å². The molecular formula is C10H11N5S. The van der Waals surface area contributed by atoms with Crippen LogP contribution in [0.1, 0.15) is 0 Å². The van der Waals surface area contributed by atoms with E-state index in [0.29, 0.717) is 0 Å². The van der Waals surface area contributed by atoms with Crippen molar-refractivity contribution in [1.29, 1.82) is 26.3 Å². The molecule has 0 heterocycles. The maximum atomic E-state index is 8.82. The SMILES string of the molecule is N#CC[SH](CC#N)(CC#N)(CC#N)CC#N. The minimum atomic E-state index is -3.13. The van der Waals surface area contributed by atoms with Crippen molar-refractivity contribution in [3.8, 4) is 30.3 Å². The molecule has 0 saturated carbocycles. The highest BCUT2D eigenvalue weighted by atomic mass is 32.3. The van der Waals surface area contributed by atoms with Crippen LogP contribution in [0.25, 0.3) is 0 Å². The van der Waals surface area contributed by atoms with E-state index in [1.165, 1.54) is 0 Å². The standard InChI is InChI=1S/C10H11N5S/c11-1-6-16(7-2-12,8-3-13,9-4-14)10-5-15/h16H,6-10H2. The lowest BCUT2D eigenvalue weighted by molar-refractivity contribution is 1.35. The smallest absolute Gasteiger partial charge is 0.0701 e. The summed E-state index contributed by atoms with van der Waals surface area (Å²) in [6.07, 6.45) is 0. The molecule has 6 heteroatoms. The van der Waals surface area contributed by atoms with Gasteiger partial charge in [-0.05, 0) is 0 Å². The summed E-state index contributed by atoms with van der Waals surface area (Å²) in [4.78, 5) is 0. The zero-order valence-electron chi connectivity index (χ0n) is 8.72. The maximum absolute atomic E-state index is 8.82. The highest BCUT2D eigenvalue weighted by Gasteiger charge is 2.41. The van der Waals surface area contributed by atoms with Gasteiger partial charge in [-0.3, -0.25) is 0 Å². The minimum Gasteiger partial charge on any atom is -0.227 e. The summed E-state index contributed by atoms with van der Waals surface area (Å²) in [5.74, 6) is -0.0306. The fourth-order valence-electron chi connectivity index (χ4n) is 1.56. The normalized spacial score (nSPS) is 11.6. The van der Waals surface area contributed by atoms with Crippen LogP contribution in [0.15, 0.2) is 0 Å². The average Bonchev–Trinajstić information content (AvgIpc) is 2.19. The molecule has 82 valence electrons. The van der Waals surface area contributed by atoms with Crippen molar-refractivity contribution in [1.82, 2.24) is 0 Å². The Balaban J connectivity index is 5.65. The predicted octanol–water partition coefficient (Wildman–Crippen LogP) is 0.677. The summed E-state index contributed by atoms with van der Waals surface area (Å²) >= 11 is 0. The molecule has 16 heavy (non-hydrogen) atoms. The number of rotatable bonds is 5. The number of nitriles is 5. The van der Waals surface area contributed by atoms with Crippen molar-refractivity contribution < 1.29 is 0 Å². The molecule has 0 aliphatic carbocycles. The third-order valence-electron chi connectivity index (χ3n) is 2.59. The van der Waals surface area contributed by atoms with Crippen LogP contribution in [0.2, 0.25) is 0 Å². The van der Waals surface area contributed by atoms with Gasteiger partial charge in [-0.1, -0.05) is 0 Å². The molecule has 5 nitrogen and oxygen atoms in total. The lowest BCUT2D eigenvalue weighted by Crippen LogP contribution is -2.33. The molecule has 0 bridgehead atoms. The molecule has 0 aromatic carbocycles. The van der Waals surface area contributed by atoms with Gasteiger partial charge in [0.25, 0.3) is 0 Å². The van der Waals surface area contributed by atoms with Crippen molar-refractivity contribution >= 4 is 9.16 Å². The molecule has 0 N–H and O–H groups in total. The molecule has 0 radical (unpaired) electrons. The van der Waals surface area contributed by atoms with Crippen molar-refractivity contribution in [3.63, 3.8) is 0 Å². The summed E-state index contributed by atoms with van der Waals surface area (Å²) in [6, 6.07) is 9.71. The molecule has 0 spiro atoms. The molecule has 0 atom stereocenters. The first-order chi connectivity index (χ1) is 7.62. The van der Waals surface area contributed by atoms with E-state index < -0.39 is 9.16 Å². The maximum Gasteiger partial charge on any atom is 0.0701 e. The van der Waals surface area contributed by atoms with E-state index in [9.17, 15) is 0 Å². The van der Waals surface area contributed by atoms with Gasteiger partial charge in [0.1, 0.15) is 0 Å². The van der Waals surface area contributed by atoms with E-state index in [1.807, 2.05) is 30.3 Å². The van der Waals surface area contributed by atoms with Crippen molar-refractivity contribution in [2.45, 2.75) is 0 Å². The number of hydrogen-bond acceptors (Lipinski definition) is 5. The number of thiol groups is 1. The summed E-state index contributed by atoms with van der Waals surface area (Å²) in [7, 11) is -3.13. The lowest BCUT2D eigenvalue weighted by atomic mass is 10.8. The monoisotopic (exact) mass is 233 g/mol. The van der Waals surface area contributed by atoms with Crippen molar-refractivity contribution in [3.05, 3.63) is 0 Å². The molecule has 0 unspecified atom stereocenters. The Hall–Kier alpha value is -2.20. The Morgan fingerprint density at radius 1 is 0.500 bits per heavy atom. The third-order valence-corrected chi connectivity index (χ3v) is 7.77. The Labute approximate surface area is 95.0 Å². The minimum absolute atomic E-state index is 0.00611. The highest BCUT2D eigenvalue weighted by Crippen LogP contribution is 2.67. The average molecular weight is 233 g/mol. The van der Waals surface area contributed by atoms with E-state index in [1.54, 1.807) is 0 Å². The molecule has 0 aliphatic heterocycles. The molecule has 0 amide bonds. The summed E-state index contributed by atoms with van der Waals surface area (Å²) < 4.78 is 0. The Kier molecular flexibility index (Phi) is 4.85. The van der Waals surface area contributed by atoms with Gasteiger partial charge < -0.3 is 0 Å². The van der Waals surface area contributed by atoms with Gasteiger partial charge in [-0.25, -0.2) is 9.16 Å². The summed E-state index contributed by atoms with van der Waals surface area (Å²) in [5, 5.41) is 44.1. The topological polar surface area (TPSA) is 119 Å². The van der Waals surface area contributed by atoms with Gasteiger partial charge in [-0.15, -0.1) is 0 Å². The molecular weight excluding hydrogens is 222 g/mol. The molecule has 0 aromatic heterocycles. The zero-order chi connectivity index (χ0) is 12.5. The van der Waals surface area contributed by atoms with E-state index in [4.69, 9.17) is 26.3 Å². The van der Waals surface area contributed by atoms with Crippen LogP contribution >= 0.6 is 9.16 Å².